The van der Waals surface area contributed by atoms with Crippen molar-refractivity contribution in [2.45, 2.75) is 13.8 Å². The largest absolute Gasteiger partial charge is 0.497 e. The Labute approximate surface area is 176 Å². The number of para-hydroxylation sites is 1. The summed E-state index contributed by atoms with van der Waals surface area (Å²) in [7, 11) is 1.62. The van der Waals surface area contributed by atoms with Crippen LogP contribution in [0.4, 0.5) is 22.7 Å². The van der Waals surface area contributed by atoms with Crippen molar-refractivity contribution >= 4 is 34.6 Å². The van der Waals surface area contributed by atoms with Crippen LogP contribution in [0, 0.1) is 5.92 Å². The van der Waals surface area contributed by atoms with E-state index in [1.165, 1.54) is 0 Å². The smallest absolute Gasteiger partial charge is 0.257 e. The van der Waals surface area contributed by atoms with E-state index in [1.54, 1.807) is 37.4 Å². The van der Waals surface area contributed by atoms with Gasteiger partial charge in [0.15, 0.2) is 0 Å². The first kappa shape index (κ1) is 20.9. The SMILES string of the molecule is COc1ccc(Nc2ccccc2C(=O)Nc2ccc(NC(=O)C(C)C)cc2)cc1. The number of amides is 2. The van der Waals surface area contributed by atoms with E-state index in [0.717, 1.165) is 11.4 Å². The Morgan fingerprint density at radius 3 is 1.93 bits per heavy atom. The molecule has 0 saturated heterocycles. The van der Waals surface area contributed by atoms with Gasteiger partial charge in [-0.25, -0.2) is 0 Å². The van der Waals surface area contributed by atoms with Gasteiger partial charge in [-0.3, -0.25) is 9.59 Å². The lowest BCUT2D eigenvalue weighted by Gasteiger charge is -2.13. The Hall–Kier alpha value is -3.80. The van der Waals surface area contributed by atoms with Crippen LogP contribution in [0.25, 0.3) is 0 Å². The highest BCUT2D eigenvalue weighted by Crippen LogP contribution is 2.24. The minimum atomic E-state index is -0.231. The van der Waals surface area contributed by atoms with E-state index in [9.17, 15) is 9.59 Å². The molecule has 2 amide bonds. The third-order valence-corrected chi connectivity index (χ3v) is 4.48. The molecule has 0 fully saturated rings. The number of benzene rings is 3. The van der Waals surface area contributed by atoms with Gasteiger partial charge in [-0.2, -0.15) is 0 Å². The second-order valence-electron chi connectivity index (χ2n) is 7.07. The third kappa shape index (κ3) is 5.38. The molecule has 0 heterocycles. The molecule has 0 saturated carbocycles. The normalized spacial score (nSPS) is 10.4. The second kappa shape index (κ2) is 9.60. The molecule has 30 heavy (non-hydrogen) atoms. The monoisotopic (exact) mass is 403 g/mol. The third-order valence-electron chi connectivity index (χ3n) is 4.48. The molecular formula is C24H25N3O3. The maximum atomic E-state index is 12.8. The van der Waals surface area contributed by atoms with E-state index in [-0.39, 0.29) is 17.7 Å². The van der Waals surface area contributed by atoms with Crippen LogP contribution in [0.3, 0.4) is 0 Å². The molecule has 0 aliphatic carbocycles. The lowest BCUT2D eigenvalue weighted by atomic mass is 10.1. The number of nitrogens with one attached hydrogen (secondary N) is 3. The van der Waals surface area contributed by atoms with Crippen molar-refractivity contribution in [3.05, 3.63) is 78.4 Å². The number of hydrogen-bond acceptors (Lipinski definition) is 4. The predicted octanol–water partition coefficient (Wildman–Crippen LogP) is 5.29. The number of rotatable bonds is 7. The van der Waals surface area contributed by atoms with E-state index >= 15 is 0 Å². The standard InChI is InChI=1S/C24H25N3O3/c1-16(2)23(28)26-18-8-10-19(11-9-18)27-24(29)21-6-4-5-7-22(21)25-17-12-14-20(30-3)15-13-17/h4-16,25H,1-3H3,(H,26,28)(H,27,29). The Bertz CT molecular complexity index is 1010. The van der Waals surface area contributed by atoms with Crippen LogP contribution in [0.5, 0.6) is 5.75 Å². The number of carbonyl (C=O) groups excluding carboxylic acids is 2. The molecule has 3 N–H and O–H groups in total. The van der Waals surface area contributed by atoms with Crippen LogP contribution >= 0.6 is 0 Å². The summed E-state index contributed by atoms with van der Waals surface area (Å²) in [5, 5.41) is 8.99. The summed E-state index contributed by atoms with van der Waals surface area (Å²) in [4.78, 5) is 24.6. The summed E-state index contributed by atoms with van der Waals surface area (Å²) in [6.07, 6.45) is 0. The highest BCUT2D eigenvalue weighted by Gasteiger charge is 2.12. The minimum Gasteiger partial charge on any atom is -0.497 e. The fraction of sp³-hybridized carbons (Fsp3) is 0.167. The van der Waals surface area contributed by atoms with Crippen molar-refractivity contribution in [3.8, 4) is 5.75 Å². The molecule has 0 radical (unpaired) electrons. The average Bonchev–Trinajstić information content (AvgIpc) is 2.76. The Kier molecular flexibility index (Phi) is 6.70. The summed E-state index contributed by atoms with van der Waals surface area (Å²) in [6, 6.07) is 21.8. The van der Waals surface area contributed by atoms with Crippen LogP contribution in [-0.2, 0) is 4.79 Å². The van der Waals surface area contributed by atoms with Gasteiger partial charge in [0.25, 0.3) is 5.91 Å². The molecule has 0 aliphatic rings. The Morgan fingerprint density at radius 2 is 1.33 bits per heavy atom. The second-order valence-corrected chi connectivity index (χ2v) is 7.07. The summed E-state index contributed by atoms with van der Waals surface area (Å²) in [5.74, 6) is 0.384. The topological polar surface area (TPSA) is 79.5 Å². The molecule has 6 heteroatoms. The number of hydrogen-bond donors (Lipinski definition) is 3. The maximum Gasteiger partial charge on any atom is 0.257 e. The van der Waals surface area contributed by atoms with Crippen LogP contribution in [0.2, 0.25) is 0 Å². The number of anilines is 4. The van der Waals surface area contributed by atoms with Gasteiger partial charge in [0.2, 0.25) is 5.91 Å². The maximum absolute atomic E-state index is 12.8. The van der Waals surface area contributed by atoms with Gasteiger partial charge >= 0.3 is 0 Å². The van der Waals surface area contributed by atoms with Crippen molar-refractivity contribution in [3.63, 3.8) is 0 Å². The van der Waals surface area contributed by atoms with Gasteiger partial charge in [-0.15, -0.1) is 0 Å². The number of methoxy groups -OCH3 is 1. The van der Waals surface area contributed by atoms with E-state index in [1.807, 2.05) is 56.3 Å². The summed E-state index contributed by atoms with van der Waals surface area (Å²) in [5.41, 5.74) is 3.39. The van der Waals surface area contributed by atoms with Crippen molar-refractivity contribution in [1.82, 2.24) is 0 Å². The molecule has 0 bridgehead atoms. The zero-order chi connectivity index (χ0) is 21.5. The summed E-state index contributed by atoms with van der Waals surface area (Å²) in [6.45, 7) is 3.67. The first-order valence-electron chi connectivity index (χ1n) is 9.68. The van der Waals surface area contributed by atoms with E-state index in [2.05, 4.69) is 16.0 Å². The van der Waals surface area contributed by atoms with Gasteiger partial charge in [-0.05, 0) is 60.7 Å². The van der Waals surface area contributed by atoms with E-state index in [0.29, 0.717) is 22.6 Å². The molecule has 0 aromatic heterocycles. The van der Waals surface area contributed by atoms with Gasteiger partial charge in [0, 0.05) is 23.0 Å². The first-order chi connectivity index (χ1) is 14.5. The Balaban J connectivity index is 1.70. The van der Waals surface area contributed by atoms with Crippen molar-refractivity contribution in [2.75, 3.05) is 23.1 Å². The van der Waals surface area contributed by atoms with Gasteiger partial charge < -0.3 is 20.7 Å². The van der Waals surface area contributed by atoms with Gasteiger partial charge in [0.1, 0.15) is 5.75 Å². The fourth-order valence-electron chi connectivity index (χ4n) is 2.74. The molecular weight excluding hydrogens is 378 g/mol. The minimum absolute atomic E-state index is 0.0506. The van der Waals surface area contributed by atoms with Gasteiger partial charge in [-0.1, -0.05) is 26.0 Å². The lowest BCUT2D eigenvalue weighted by Crippen LogP contribution is -2.17. The molecule has 3 rings (SSSR count). The van der Waals surface area contributed by atoms with Crippen LogP contribution in [-0.4, -0.2) is 18.9 Å². The zero-order valence-electron chi connectivity index (χ0n) is 17.2. The predicted molar refractivity (Wildman–Crippen MR) is 121 cm³/mol. The molecule has 6 nitrogen and oxygen atoms in total. The number of carbonyl (C=O) groups is 2. The van der Waals surface area contributed by atoms with Crippen molar-refractivity contribution < 1.29 is 14.3 Å². The van der Waals surface area contributed by atoms with Crippen LogP contribution in [0.15, 0.2) is 72.8 Å². The van der Waals surface area contributed by atoms with Gasteiger partial charge in [0.05, 0.1) is 18.4 Å². The molecule has 0 spiro atoms. The van der Waals surface area contributed by atoms with Crippen LogP contribution < -0.4 is 20.7 Å². The Morgan fingerprint density at radius 1 is 0.767 bits per heavy atom. The fourth-order valence-corrected chi connectivity index (χ4v) is 2.74. The van der Waals surface area contributed by atoms with Crippen LogP contribution in [0.1, 0.15) is 24.2 Å². The quantitative estimate of drug-likeness (QED) is 0.501. The molecule has 0 aliphatic heterocycles. The zero-order valence-corrected chi connectivity index (χ0v) is 17.2. The highest BCUT2D eigenvalue weighted by atomic mass is 16.5. The number of ether oxygens (including phenoxy) is 1. The molecule has 0 atom stereocenters. The van der Waals surface area contributed by atoms with E-state index in [4.69, 9.17) is 4.74 Å². The first-order valence-corrected chi connectivity index (χ1v) is 9.68. The van der Waals surface area contributed by atoms with E-state index < -0.39 is 0 Å². The van der Waals surface area contributed by atoms with Crippen molar-refractivity contribution in [2.24, 2.45) is 5.92 Å². The summed E-state index contributed by atoms with van der Waals surface area (Å²) >= 11 is 0. The highest BCUT2D eigenvalue weighted by molar-refractivity contribution is 6.08. The summed E-state index contributed by atoms with van der Waals surface area (Å²) < 4.78 is 5.17. The van der Waals surface area contributed by atoms with Crippen molar-refractivity contribution in [1.29, 1.82) is 0 Å². The molecule has 0 unspecified atom stereocenters. The average molecular weight is 403 g/mol. The molecule has 154 valence electrons. The molecule has 3 aromatic rings. The lowest BCUT2D eigenvalue weighted by molar-refractivity contribution is -0.118. The molecule has 3 aromatic carbocycles.